The summed E-state index contributed by atoms with van der Waals surface area (Å²) < 4.78 is 38.1. The molecule has 0 amide bonds. The van der Waals surface area contributed by atoms with E-state index in [0.717, 1.165) is 0 Å². The zero-order chi connectivity index (χ0) is 26.3. The van der Waals surface area contributed by atoms with Gasteiger partial charge in [-0.15, -0.1) is 0 Å². The molecule has 10 nitrogen and oxygen atoms in total. The van der Waals surface area contributed by atoms with Crippen molar-refractivity contribution in [1.82, 2.24) is 0 Å². The van der Waals surface area contributed by atoms with E-state index in [4.69, 9.17) is 33.2 Å². The van der Waals surface area contributed by atoms with E-state index in [2.05, 4.69) is 0 Å². The van der Waals surface area contributed by atoms with E-state index in [1.165, 1.54) is 54.6 Å². The standard InChI is InChI=1S/C25H32O10/c1-9-13(2)35-25(28)16-11-18(30-5)23(32-7)24(33-8)20(16)19-15(12-34-14(3)26)10-17(29-4)22(31-6)21(19)27/h10-11,13,27H,9,12H2,1-8H3. The molecular weight excluding hydrogens is 460 g/mol. The number of hydrogen-bond acceptors (Lipinski definition) is 10. The normalized spacial score (nSPS) is 11.3. The Morgan fingerprint density at radius 3 is 1.91 bits per heavy atom. The van der Waals surface area contributed by atoms with Gasteiger partial charge in [-0.3, -0.25) is 4.79 Å². The molecule has 0 bridgehead atoms. The van der Waals surface area contributed by atoms with Crippen LogP contribution in [0.3, 0.4) is 0 Å². The summed E-state index contributed by atoms with van der Waals surface area (Å²) in [6, 6.07) is 2.98. The molecule has 0 spiro atoms. The Hall–Kier alpha value is -3.82. The first kappa shape index (κ1) is 27.4. The van der Waals surface area contributed by atoms with Gasteiger partial charge < -0.3 is 38.3 Å². The second-order valence-corrected chi connectivity index (χ2v) is 7.47. The SMILES string of the molecule is CCC(C)OC(=O)c1cc(OC)c(OC)c(OC)c1-c1c(COC(C)=O)cc(OC)c(OC)c1O. The minimum absolute atomic E-state index is 0.00663. The number of benzene rings is 2. The van der Waals surface area contributed by atoms with Gasteiger partial charge in [-0.2, -0.15) is 0 Å². The number of carbonyl (C=O) groups excluding carboxylic acids is 2. The smallest absolute Gasteiger partial charge is 0.339 e. The lowest BCUT2D eigenvalue weighted by Gasteiger charge is -2.23. The van der Waals surface area contributed by atoms with Gasteiger partial charge in [0.05, 0.1) is 47.2 Å². The van der Waals surface area contributed by atoms with Gasteiger partial charge in [-0.25, -0.2) is 4.79 Å². The Kier molecular flexibility index (Phi) is 9.44. The highest BCUT2D eigenvalue weighted by Crippen LogP contribution is 2.54. The number of aromatic hydroxyl groups is 1. The number of phenols is 1. The predicted molar refractivity (Wildman–Crippen MR) is 127 cm³/mol. The molecule has 10 heteroatoms. The van der Waals surface area contributed by atoms with Crippen molar-refractivity contribution in [1.29, 1.82) is 0 Å². The molecule has 0 aliphatic heterocycles. The van der Waals surface area contributed by atoms with E-state index in [-0.39, 0.29) is 63.9 Å². The van der Waals surface area contributed by atoms with Crippen molar-refractivity contribution in [3.05, 3.63) is 23.3 Å². The Labute approximate surface area is 204 Å². The number of phenolic OH excluding ortho intramolecular Hbond substituents is 1. The lowest BCUT2D eigenvalue weighted by atomic mass is 9.92. The van der Waals surface area contributed by atoms with Crippen LogP contribution in [0.5, 0.6) is 34.5 Å². The predicted octanol–water partition coefficient (Wildman–Crippen LogP) is 4.12. The van der Waals surface area contributed by atoms with Crippen LogP contribution >= 0.6 is 0 Å². The third kappa shape index (κ3) is 5.64. The van der Waals surface area contributed by atoms with E-state index < -0.39 is 11.9 Å². The summed E-state index contributed by atoms with van der Waals surface area (Å²) >= 11 is 0. The first-order chi connectivity index (χ1) is 16.7. The summed E-state index contributed by atoms with van der Waals surface area (Å²) in [6.07, 6.45) is 0.208. The van der Waals surface area contributed by atoms with Crippen molar-refractivity contribution < 1.29 is 47.9 Å². The maximum atomic E-state index is 13.3. The third-order valence-corrected chi connectivity index (χ3v) is 5.34. The van der Waals surface area contributed by atoms with Crippen molar-refractivity contribution in [2.24, 2.45) is 0 Å². The van der Waals surface area contributed by atoms with Gasteiger partial charge in [0.2, 0.25) is 11.5 Å². The largest absolute Gasteiger partial charge is 0.504 e. The van der Waals surface area contributed by atoms with Crippen molar-refractivity contribution >= 4 is 11.9 Å². The van der Waals surface area contributed by atoms with E-state index in [9.17, 15) is 14.7 Å². The molecule has 2 aromatic rings. The van der Waals surface area contributed by atoms with Crippen molar-refractivity contribution in [2.45, 2.75) is 39.9 Å². The van der Waals surface area contributed by atoms with Gasteiger partial charge >= 0.3 is 11.9 Å². The van der Waals surface area contributed by atoms with E-state index >= 15 is 0 Å². The van der Waals surface area contributed by atoms with Gasteiger partial charge in [0.25, 0.3) is 0 Å². The number of esters is 2. The first-order valence-electron chi connectivity index (χ1n) is 10.8. The zero-order valence-electron chi connectivity index (χ0n) is 21.3. The van der Waals surface area contributed by atoms with E-state index in [1.54, 1.807) is 6.92 Å². The Balaban J connectivity index is 3.05. The Morgan fingerprint density at radius 2 is 1.43 bits per heavy atom. The summed E-state index contributed by atoms with van der Waals surface area (Å²) in [4.78, 5) is 24.9. The van der Waals surface area contributed by atoms with Crippen LogP contribution < -0.4 is 23.7 Å². The lowest BCUT2D eigenvalue weighted by Crippen LogP contribution is -2.16. The summed E-state index contributed by atoms with van der Waals surface area (Å²) in [5.74, 6) is -0.900. The number of hydrogen-bond donors (Lipinski definition) is 1. The monoisotopic (exact) mass is 492 g/mol. The van der Waals surface area contributed by atoms with Crippen LogP contribution in [0.2, 0.25) is 0 Å². The van der Waals surface area contributed by atoms with Crippen LogP contribution in [-0.2, 0) is 20.9 Å². The van der Waals surface area contributed by atoms with Gasteiger partial charge in [0.15, 0.2) is 23.0 Å². The topological polar surface area (TPSA) is 119 Å². The molecule has 35 heavy (non-hydrogen) atoms. The molecule has 0 aromatic heterocycles. The molecule has 192 valence electrons. The van der Waals surface area contributed by atoms with Crippen LogP contribution in [0, 0.1) is 0 Å². The molecule has 2 rings (SSSR count). The third-order valence-electron chi connectivity index (χ3n) is 5.34. The van der Waals surface area contributed by atoms with Crippen LogP contribution in [0.1, 0.15) is 43.1 Å². The molecule has 0 fully saturated rings. The van der Waals surface area contributed by atoms with Gasteiger partial charge in [-0.1, -0.05) is 6.92 Å². The summed E-state index contributed by atoms with van der Waals surface area (Å²) in [5.41, 5.74) is 0.599. The average molecular weight is 493 g/mol. The number of ether oxygens (including phenoxy) is 7. The lowest BCUT2D eigenvalue weighted by molar-refractivity contribution is -0.142. The van der Waals surface area contributed by atoms with Crippen LogP contribution in [0.25, 0.3) is 11.1 Å². The molecule has 0 heterocycles. The molecule has 0 aliphatic carbocycles. The summed E-state index contributed by atoms with van der Waals surface area (Å²) in [5, 5.41) is 11.3. The number of carbonyl (C=O) groups is 2. The Bertz CT molecular complexity index is 1080. The molecule has 0 radical (unpaired) electrons. The second kappa shape index (κ2) is 12.0. The molecule has 0 saturated heterocycles. The minimum atomic E-state index is -0.679. The Morgan fingerprint density at radius 1 is 0.857 bits per heavy atom. The molecule has 1 atom stereocenters. The van der Waals surface area contributed by atoms with Crippen molar-refractivity contribution in [3.8, 4) is 45.6 Å². The fraction of sp³-hybridized carbons (Fsp3) is 0.440. The quantitative estimate of drug-likeness (QED) is 0.459. The number of rotatable bonds is 11. The highest BCUT2D eigenvalue weighted by molar-refractivity contribution is 6.03. The highest BCUT2D eigenvalue weighted by atomic mass is 16.5. The maximum Gasteiger partial charge on any atom is 0.339 e. The van der Waals surface area contributed by atoms with Gasteiger partial charge in [-0.05, 0) is 25.5 Å². The molecule has 2 aromatic carbocycles. The number of methoxy groups -OCH3 is 5. The fourth-order valence-electron chi connectivity index (χ4n) is 3.49. The molecule has 1 N–H and O–H groups in total. The van der Waals surface area contributed by atoms with Gasteiger partial charge in [0, 0.05) is 23.6 Å². The maximum absolute atomic E-state index is 13.3. The van der Waals surface area contributed by atoms with Crippen LogP contribution in [0.4, 0.5) is 0 Å². The molecule has 0 saturated carbocycles. The molecular formula is C25H32O10. The van der Waals surface area contributed by atoms with Crippen LogP contribution in [-0.4, -0.2) is 58.7 Å². The molecule has 1 unspecified atom stereocenters. The fourth-order valence-corrected chi connectivity index (χ4v) is 3.49. The second-order valence-electron chi connectivity index (χ2n) is 7.47. The zero-order valence-corrected chi connectivity index (χ0v) is 21.3. The van der Waals surface area contributed by atoms with Crippen LogP contribution in [0.15, 0.2) is 12.1 Å². The van der Waals surface area contributed by atoms with Gasteiger partial charge in [0.1, 0.15) is 6.61 Å². The highest BCUT2D eigenvalue weighted by Gasteiger charge is 2.32. The van der Waals surface area contributed by atoms with Crippen molar-refractivity contribution in [3.63, 3.8) is 0 Å². The van der Waals surface area contributed by atoms with E-state index in [1.807, 2.05) is 6.92 Å². The van der Waals surface area contributed by atoms with Crippen molar-refractivity contribution in [2.75, 3.05) is 35.5 Å². The molecule has 0 aliphatic rings. The first-order valence-corrected chi connectivity index (χ1v) is 10.8. The summed E-state index contributed by atoms with van der Waals surface area (Å²) in [6.45, 7) is 4.66. The summed E-state index contributed by atoms with van der Waals surface area (Å²) in [7, 11) is 6.97. The van der Waals surface area contributed by atoms with E-state index in [0.29, 0.717) is 12.0 Å². The average Bonchev–Trinajstić information content (AvgIpc) is 2.85. The minimum Gasteiger partial charge on any atom is -0.504 e.